The maximum absolute atomic E-state index is 15.4. The van der Waals surface area contributed by atoms with Gasteiger partial charge in [-0.2, -0.15) is 5.01 Å². The smallest absolute Gasteiger partial charge is 0.260 e. The molecule has 5 aromatic rings. The number of benzene rings is 5. The number of nitrogens with zero attached hydrogens (tertiary/aromatic N) is 2. The van der Waals surface area contributed by atoms with E-state index in [9.17, 15) is 24.3 Å². The van der Waals surface area contributed by atoms with Crippen molar-refractivity contribution >= 4 is 40.8 Å². The first-order valence-corrected chi connectivity index (χ1v) is 18.6. The number of imide groups is 2. The molecule has 278 valence electrons. The summed E-state index contributed by atoms with van der Waals surface area (Å²) in [5, 5.41) is 12.4. The van der Waals surface area contributed by atoms with Crippen molar-refractivity contribution in [3.05, 3.63) is 173 Å². The van der Waals surface area contributed by atoms with Crippen LogP contribution in [0.3, 0.4) is 0 Å². The van der Waals surface area contributed by atoms with Crippen LogP contribution in [0.4, 0.5) is 15.8 Å². The molecule has 4 amide bonds. The van der Waals surface area contributed by atoms with E-state index in [2.05, 4.69) is 5.43 Å². The molecule has 56 heavy (non-hydrogen) atoms. The molecule has 0 aromatic heterocycles. The zero-order valence-corrected chi connectivity index (χ0v) is 30.3. The van der Waals surface area contributed by atoms with E-state index >= 15 is 9.18 Å². The number of carbonyl (C=O) groups excluding carboxylic acids is 5. The highest BCUT2D eigenvalue weighted by Crippen LogP contribution is 2.65. The molecule has 3 fully saturated rings. The predicted octanol–water partition coefficient (Wildman–Crippen LogP) is 7.26. The number of ketones is 1. The van der Waals surface area contributed by atoms with Gasteiger partial charge < -0.3 is 5.11 Å². The Morgan fingerprint density at radius 2 is 1.41 bits per heavy atom. The van der Waals surface area contributed by atoms with Crippen LogP contribution in [0.15, 0.2) is 139 Å². The number of fused-ring (bicyclic) bond motifs is 4. The number of hydrazine groups is 1. The van der Waals surface area contributed by atoms with Gasteiger partial charge in [-0.05, 0) is 73.7 Å². The number of anilines is 2. The molecule has 0 spiro atoms. The number of phenols is 1. The highest BCUT2D eigenvalue weighted by atomic mass is 19.1. The summed E-state index contributed by atoms with van der Waals surface area (Å²) in [6.07, 6.45) is 2.05. The molecule has 6 atom stereocenters. The average Bonchev–Trinajstić information content (AvgIpc) is 3.61. The molecule has 5 aromatic carbocycles. The van der Waals surface area contributed by atoms with Gasteiger partial charge in [-0.25, -0.2) is 4.39 Å². The second-order valence-electron chi connectivity index (χ2n) is 15.0. The minimum atomic E-state index is -1.65. The van der Waals surface area contributed by atoms with Crippen LogP contribution in [-0.2, 0) is 24.6 Å². The Balaban J connectivity index is 1.15. The Labute approximate surface area is 322 Å². The van der Waals surface area contributed by atoms with Crippen LogP contribution in [0.2, 0.25) is 0 Å². The van der Waals surface area contributed by atoms with E-state index < -0.39 is 70.2 Å². The molecular weight excluding hydrogens is 710 g/mol. The van der Waals surface area contributed by atoms with Crippen molar-refractivity contribution in [3.63, 3.8) is 0 Å². The Hall–Kier alpha value is -6.68. The molecule has 4 aliphatic rings. The molecule has 10 heteroatoms. The Bertz CT molecular complexity index is 2470. The lowest BCUT2D eigenvalue weighted by molar-refractivity contribution is -0.138. The van der Waals surface area contributed by atoms with E-state index in [-0.39, 0.29) is 24.2 Å². The summed E-state index contributed by atoms with van der Waals surface area (Å²) in [7, 11) is 0. The molecule has 6 unspecified atom stereocenters. The third kappa shape index (κ3) is 5.16. The first kappa shape index (κ1) is 35.0. The number of nitrogens with one attached hydrogen (secondary N) is 1. The minimum absolute atomic E-state index is 0.0441. The van der Waals surface area contributed by atoms with Crippen molar-refractivity contribution in [2.45, 2.75) is 31.1 Å². The molecule has 9 rings (SSSR count). The summed E-state index contributed by atoms with van der Waals surface area (Å²) in [5.41, 5.74) is 5.31. The summed E-state index contributed by atoms with van der Waals surface area (Å²) in [5.74, 6) is -8.23. The highest BCUT2D eigenvalue weighted by molar-refractivity contribution is 6.23. The quantitative estimate of drug-likeness (QED) is 0.102. The van der Waals surface area contributed by atoms with Crippen LogP contribution in [-0.4, -0.2) is 39.5 Å². The molecule has 0 radical (unpaired) electrons. The maximum Gasteiger partial charge on any atom is 0.260 e. The molecule has 2 aliphatic heterocycles. The zero-order valence-electron chi connectivity index (χ0n) is 30.3. The summed E-state index contributed by atoms with van der Waals surface area (Å²) in [6.45, 7) is 1.92. The van der Waals surface area contributed by atoms with Gasteiger partial charge in [0.2, 0.25) is 11.8 Å². The fourth-order valence-corrected chi connectivity index (χ4v) is 9.63. The van der Waals surface area contributed by atoms with Crippen molar-refractivity contribution in [2.75, 3.05) is 10.3 Å². The topological polar surface area (TPSA) is 124 Å². The Morgan fingerprint density at radius 3 is 2.11 bits per heavy atom. The van der Waals surface area contributed by atoms with Gasteiger partial charge in [-0.15, -0.1) is 0 Å². The third-order valence-corrected chi connectivity index (χ3v) is 12.1. The monoisotopic (exact) mass is 745 g/mol. The fraction of sp³-hybridized carbons (Fsp3) is 0.196. The van der Waals surface area contributed by atoms with Crippen LogP contribution < -0.4 is 10.3 Å². The van der Waals surface area contributed by atoms with Crippen LogP contribution in [0.1, 0.15) is 51.4 Å². The lowest BCUT2D eigenvalue weighted by atomic mass is 9.49. The van der Waals surface area contributed by atoms with E-state index in [0.717, 1.165) is 21.5 Å². The van der Waals surface area contributed by atoms with Crippen LogP contribution in [0.25, 0.3) is 0 Å². The molecule has 1 saturated carbocycles. The normalized spacial score (nSPS) is 25.4. The number of amides is 4. The first-order valence-electron chi connectivity index (χ1n) is 18.6. The van der Waals surface area contributed by atoms with Gasteiger partial charge >= 0.3 is 0 Å². The maximum atomic E-state index is 15.4. The number of halogens is 1. The molecule has 2 N–H and O–H groups in total. The van der Waals surface area contributed by atoms with Gasteiger partial charge in [-0.3, -0.25) is 34.3 Å². The number of phenolic OH excluding ortho intramolecular Hbond substituents is 1. The van der Waals surface area contributed by atoms with Crippen molar-refractivity contribution < 1.29 is 33.5 Å². The standard InChI is InChI=1S/C46H36FN3O6/c1-26-15-19-30(20-16-26)48-50-43(54)36-25-35-32(39(34-13-8-14-37(47)41(34)52)46(36,45(50)56)29-11-6-3-7-12-29)23-24-33-38(35)44(55)49(42(33)53)31-21-17-28(18-22-31)40(51)27-9-4-2-5-10-27/h2-23,33,35-36,38-39,48,52H,24-25H2,1H3. The third-order valence-electron chi connectivity index (χ3n) is 12.1. The summed E-state index contributed by atoms with van der Waals surface area (Å²) in [6, 6.07) is 35.4. The lowest BCUT2D eigenvalue weighted by Crippen LogP contribution is -2.53. The molecule has 2 aliphatic carbocycles. The van der Waals surface area contributed by atoms with Crippen LogP contribution >= 0.6 is 0 Å². The SMILES string of the molecule is Cc1ccc(NN2C(=O)C3CC4C(=CCC5C(=O)N(c6ccc(C(=O)c7ccccc7)cc6)C(=O)C54)C(c4cccc(F)c4O)C3(c3ccccc3)C2=O)cc1. The summed E-state index contributed by atoms with van der Waals surface area (Å²) in [4.78, 5) is 73.2. The molecule has 2 saturated heterocycles. The van der Waals surface area contributed by atoms with E-state index in [1.54, 1.807) is 97.1 Å². The number of aromatic hydroxyl groups is 1. The number of hydrogen-bond donors (Lipinski definition) is 2. The first-order chi connectivity index (χ1) is 27.1. The Kier molecular flexibility index (Phi) is 8.30. The van der Waals surface area contributed by atoms with Crippen molar-refractivity contribution in [2.24, 2.45) is 23.7 Å². The largest absolute Gasteiger partial charge is 0.505 e. The zero-order chi connectivity index (χ0) is 38.9. The van der Waals surface area contributed by atoms with Gasteiger partial charge in [0.1, 0.15) is 0 Å². The second kappa shape index (κ2) is 13.3. The minimum Gasteiger partial charge on any atom is -0.505 e. The number of aryl methyl sites for hydroxylation is 1. The number of carbonyl (C=O) groups is 5. The van der Waals surface area contributed by atoms with Gasteiger partial charge in [0.25, 0.3) is 11.8 Å². The summed E-state index contributed by atoms with van der Waals surface area (Å²) >= 11 is 0. The predicted molar refractivity (Wildman–Crippen MR) is 206 cm³/mol. The number of rotatable bonds is 7. The highest BCUT2D eigenvalue weighted by Gasteiger charge is 2.70. The fourth-order valence-electron chi connectivity index (χ4n) is 9.63. The lowest BCUT2D eigenvalue weighted by Gasteiger charge is -2.50. The van der Waals surface area contributed by atoms with E-state index in [1.165, 1.54) is 6.07 Å². The van der Waals surface area contributed by atoms with Gasteiger partial charge in [0, 0.05) is 22.6 Å². The van der Waals surface area contributed by atoms with E-state index in [4.69, 9.17) is 0 Å². The van der Waals surface area contributed by atoms with Crippen molar-refractivity contribution in [1.29, 1.82) is 0 Å². The number of hydrogen-bond acceptors (Lipinski definition) is 7. The van der Waals surface area contributed by atoms with E-state index in [0.29, 0.717) is 33.6 Å². The van der Waals surface area contributed by atoms with Crippen molar-refractivity contribution in [3.8, 4) is 5.75 Å². The summed E-state index contributed by atoms with van der Waals surface area (Å²) < 4.78 is 15.4. The molecular formula is C46H36FN3O6. The van der Waals surface area contributed by atoms with Crippen LogP contribution in [0.5, 0.6) is 5.75 Å². The van der Waals surface area contributed by atoms with Crippen LogP contribution in [0, 0.1) is 36.4 Å². The van der Waals surface area contributed by atoms with Gasteiger partial charge in [-0.1, -0.05) is 102 Å². The Morgan fingerprint density at radius 1 is 0.750 bits per heavy atom. The molecule has 9 nitrogen and oxygen atoms in total. The number of para-hydroxylation sites is 1. The second-order valence-corrected chi connectivity index (χ2v) is 15.0. The van der Waals surface area contributed by atoms with Gasteiger partial charge in [0.05, 0.1) is 34.5 Å². The van der Waals surface area contributed by atoms with Crippen molar-refractivity contribution in [1.82, 2.24) is 5.01 Å². The average molecular weight is 746 g/mol. The molecule has 0 bridgehead atoms. The molecule has 2 heterocycles. The van der Waals surface area contributed by atoms with Gasteiger partial charge in [0.15, 0.2) is 17.3 Å². The van der Waals surface area contributed by atoms with E-state index in [1.807, 2.05) is 31.2 Å². The number of allylic oxidation sites excluding steroid dienone is 2.